The Morgan fingerprint density at radius 3 is 1.59 bits per heavy atom. The number of para-hydroxylation sites is 2. The van der Waals surface area contributed by atoms with Crippen LogP contribution in [0.25, 0.3) is 54.2 Å². The summed E-state index contributed by atoms with van der Waals surface area (Å²) in [6.45, 7) is 0.0401. The average molecular weight is 716 g/mol. The Hall–Kier alpha value is -7.10. The Kier molecular flexibility index (Phi) is 8.54. The molecule has 3 heteroatoms. The van der Waals surface area contributed by atoms with E-state index in [-0.39, 0.29) is 6.71 Å². The van der Waals surface area contributed by atoms with Crippen LogP contribution in [0.3, 0.4) is 0 Å². The first-order chi connectivity index (χ1) is 27.7. The van der Waals surface area contributed by atoms with Gasteiger partial charge in [0.1, 0.15) is 5.75 Å². The molecule has 0 amide bonds. The summed E-state index contributed by atoms with van der Waals surface area (Å²) >= 11 is 0. The molecule has 0 fully saturated rings. The molecule has 0 atom stereocenters. The van der Waals surface area contributed by atoms with Gasteiger partial charge in [0, 0.05) is 28.7 Å². The predicted molar refractivity (Wildman–Crippen MR) is 241 cm³/mol. The number of benzene rings is 10. The normalized spacial score (nSPS) is 11.3. The maximum atomic E-state index is 6.26. The second kappa shape index (κ2) is 14.3. The zero-order chi connectivity index (χ0) is 37.4. The van der Waals surface area contributed by atoms with Gasteiger partial charge in [-0.25, -0.2) is 0 Å². The van der Waals surface area contributed by atoms with Crippen molar-refractivity contribution in [3.8, 4) is 16.9 Å². The smallest absolute Gasteiger partial charge is 0.242 e. The van der Waals surface area contributed by atoms with Gasteiger partial charge in [-0.3, -0.25) is 0 Å². The molecule has 0 aliphatic rings. The fourth-order valence-electron chi connectivity index (χ4n) is 8.67. The Morgan fingerprint density at radius 2 is 0.911 bits per heavy atom. The van der Waals surface area contributed by atoms with Gasteiger partial charge in [0.05, 0.1) is 7.11 Å². The summed E-state index contributed by atoms with van der Waals surface area (Å²) in [5, 5.41) is 9.88. The SMILES string of the molecule is COc1cc(N(c2ccccc2)c2ccccc2)ccc1-c1cc2c3ccccc3c(B(c3ccccc3)c3ccc4ccccc4c3)cc2c2ccccc12. The summed E-state index contributed by atoms with van der Waals surface area (Å²) in [4.78, 5) is 2.28. The first-order valence-corrected chi connectivity index (χ1v) is 19.2. The van der Waals surface area contributed by atoms with Crippen molar-refractivity contribution < 1.29 is 4.74 Å². The molecule has 56 heavy (non-hydrogen) atoms. The van der Waals surface area contributed by atoms with Gasteiger partial charge in [-0.15, -0.1) is 0 Å². The molecule has 0 saturated carbocycles. The first-order valence-electron chi connectivity index (χ1n) is 19.2. The van der Waals surface area contributed by atoms with E-state index in [9.17, 15) is 0 Å². The maximum Gasteiger partial charge on any atom is 0.242 e. The van der Waals surface area contributed by atoms with Gasteiger partial charge in [-0.2, -0.15) is 0 Å². The zero-order valence-corrected chi connectivity index (χ0v) is 31.1. The van der Waals surface area contributed by atoms with Gasteiger partial charge < -0.3 is 9.64 Å². The summed E-state index contributed by atoms with van der Waals surface area (Å²) in [5.74, 6) is 0.824. The molecule has 10 aromatic carbocycles. The fourth-order valence-corrected chi connectivity index (χ4v) is 8.67. The molecular weight excluding hydrogens is 677 g/mol. The fraction of sp³-hybridized carbons (Fsp3) is 0.0189. The lowest BCUT2D eigenvalue weighted by atomic mass is 9.36. The van der Waals surface area contributed by atoms with Gasteiger partial charge in [-0.1, -0.05) is 180 Å². The number of hydrogen-bond acceptors (Lipinski definition) is 2. The summed E-state index contributed by atoms with van der Waals surface area (Å²) in [5.41, 5.74) is 9.27. The molecular formula is C53H38BNO. The van der Waals surface area contributed by atoms with Crippen LogP contribution in [-0.4, -0.2) is 13.8 Å². The van der Waals surface area contributed by atoms with E-state index in [2.05, 4.69) is 217 Å². The first kappa shape index (κ1) is 33.5. The Balaban J connectivity index is 1.20. The Morgan fingerprint density at radius 1 is 0.357 bits per heavy atom. The van der Waals surface area contributed by atoms with E-state index in [0.29, 0.717) is 0 Å². The highest BCUT2D eigenvalue weighted by Crippen LogP contribution is 2.44. The van der Waals surface area contributed by atoms with Crippen molar-refractivity contribution >= 4 is 83.3 Å². The molecule has 0 bridgehead atoms. The Labute approximate surface area is 328 Å². The molecule has 0 unspecified atom stereocenters. The van der Waals surface area contributed by atoms with Crippen LogP contribution in [0.2, 0.25) is 0 Å². The second-order valence-corrected chi connectivity index (χ2v) is 14.4. The largest absolute Gasteiger partial charge is 0.496 e. The summed E-state index contributed by atoms with van der Waals surface area (Å²) in [6.07, 6.45) is 0. The molecule has 10 aromatic rings. The Bertz CT molecular complexity index is 2980. The maximum absolute atomic E-state index is 6.26. The van der Waals surface area contributed by atoms with E-state index in [4.69, 9.17) is 4.74 Å². The van der Waals surface area contributed by atoms with Gasteiger partial charge in [-0.05, 0) is 91.1 Å². The number of rotatable bonds is 8. The van der Waals surface area contributed by atoms with E-state index >= 15 is 0 Å². The minimum absolute atomic E-state index is 0.0401. The second-order valence-electron chi connectivity index (χ2n) is 14.4. The third kappa shape index (κ3) is 5.86. The molecule has 0 spiro atoms. The molecule has 0 aliphatic heterocycles. The van der Waals surface area contributed by atoms with E-state index < -0.39 is 0 Å². The quantitative estimate of drug-likeness (QED) is 0.115. The number of methoxy groups -OCH3 is 1. The van der Waals surface area contributed by atoms with Crippen molar-refractivity contribution in [1.29, 1.82) is 0 Å². The van der Waals surface area contributed by atoms with Crippen molar-refractivity contribution in [3.63, 3.8) is 0 Å². The van der Waals surface area contributed by atoms with E-state index in [1.807, 2.05) is 0 Å². The number of fused-ring (bicyclic) bond motifs is 6. The minimum Gasteiger partial charge on any atom is -0.496 e. The standard InChI is InChI=1S/C53H38BNO/c1-56-53-34-43(55(41-21-7-3-8-22-41)42-23-9-4-10-24-42)31-32-48(53)49-35-50-46-27-15-16-28-47(46)52(36-51(50)45-26-14-13-25-44(45)49)54(39-19-5-2-6-20-39)40-30-29-37-17-11-12-18-38(37)33-40/h2-36H,1H3. The van der Waals surface area contributed by atoms with Crippen LogP contribution in [0.5, 0.6) is 5.75 Å². The van der Waals surface area contributed by atoms with E-state index in [1.54, 1.807) is 7.11 Å². The molecule has 0 aliphatic carbocycles. The third-order valence-corrected chi connectivity index (χ3v) is 11.2. The van der Waals surface area contributed by atoms with Gasteiger partial charge in [0.2, 0.25) is 6.71 Å². The van der Waals surface area contributed by atoms with Crippen molar-refractivity contribution in [2.45, 2.75) is 0 Å². The number of hydrogen-bond donors (Lipinski definition) is 0. The average Bonchev–Trinajstić information content (AvgIpc) is 3.27. The summed E-state index contributed by atoms with van der Waals surface area (Å²) in [6, 6.07) is 76.8. The predicted octanol–water partition coefficient (Wildman–Crippen LogP) is 12.0. The van der Waals surface area contributed by atoms with Gasteiger partial charge >= 0.3 is 0 Å². The van der Waals surface area contributed by atoms with Crippen LogP contribution in [0, 0.1) is 0 Å². The number of ether oxygens (including phenoxy) is 1. The lowest BCUT2D eigenvalue weighted by Gasteiger charge is -2.26. The number of anilines is 3. The third-order valence-electron chi connectivity index (χ3n) is 11.2. The van der Waals surface area contributed by atoms with Crippen molar-refractivity contribution in [2.75, 3.05) is 12.0 Å². The van der Waals surface area contributed by atoms with Crippen molar-refractivity contribution in [2.24, 2.45) is 0 Å². The summed E-state index contributed by atoms with van der Waals surface area (Å²) < 4.78 is 6.26. The van der Waals surface area contributed by atoms with Crippen LogP contribution in [-0.2, 0) is 0 Å². The molecule has 0 heterocycles. The zero-order valence-electron chi connectivity index (χ0n) is 31.1. The molecule has 0 saturated heterocycles. The highest BCUT2D eigenvalue weighted by molar-refractivity contribution is 6.97. The van der Waals surface area contributed by atoms with Crippen LogP contribution in [0.4, 0.5) is 17.1 Å². The van der Waals surface area contributed by atoms with Crippen LogP contribution in [0.1, 0.15) is 0 Å². The molecule has 0 aromatic heterocycles. The van der Waals surface area contributed by atoms with E-state index in [1.165, 1.54) is 59.5 Å². The van der Waals surface area contributed by atoms with Crippen LogP contribution >= 0.6 is 0 Å². The summed E-state index contributed by atoms with van der Waals surface area (Å²) in [7, 11) is 1.78. The van der Waals surface area contributed by atoms with Crippen molar-refractivity contribution in [3.05, 3.63) is 212 Å². The van der Waals surface area contributed by atoms with Gasteiger partial charge in [0.15, 0.2) is 0 Å². The topological polar surface area (TPSA) is 12.5 Å². The lowest BCUT2D eigenvalue weighted by molar-refractivity contribution is 0.416. The van der Waals surface area contributed by atoms with Crippen molar-refractivity contribution in [1.82, 2.24) is 0 Å². The monoisotopic (exact) mass is 715 g/mol. The molecule has 10 rings (SSSR count). The highest BCUT2D eigenvalue weighted by atomic mass is 16.5. The lowest BCUT2D eigenvalue weighted by Crippen LogP contribution is -2.52. The molecule has 0 radical (unpaired) electrons. The van der Waals surface area contributed by atoms with Crippen LogP contribution < -0.4 is 26.0 Å². The van der Waals surface area contributed by atoms with Crippen LogP contribution in [0.15, 0.2) is 212 Å². The highest BCUT2D eigenvalue weighted by Gasteiger charge is 2.26. The minimum atomic E-state index is 0.0401. The van der Waals surface area contributed by atoms with Gasteiger partial charge in [0.25, 0.3) is 0 Å². The number of nitrogens with zero attached hydrogens (tertiary/aromatic N) is 1. The molecule has 2 nitrogen and oxygen atoms in total. The molecule has 0 N–H and O–H groups in total. The molecule has 264 valence electrons. The van der Waals surface area contributed by atoms with E-state index in [0.717, 1.165) is 33.9 Å².